The Labute approximate surface area is 96.1 Å². The van der Waals surface area contributed by atoms with Crippen molar-refractivity contribution in [1.82, 2.24) is 0 Å². The Morgan fingerprint density at radius 2 is 1.94 bits per heavy atom. The molecule has 0 radical (unpaired) electrons. The third-order valence-corrected chi connectivity index (χ3v) is 2.76. The summed E-state index contributed by atoms with van der Waals surface area (Å²) in [6.45, 7) is 3.63. The van der Waals surface area contributed by atoms with Gasteiger partial charge in [-0.1, -0.05) is 44.2 Å². The SMILES string of the molecule is COC(=O)C(c1ccccc1)C(C)(C)CO. The van der Waals surface area contributed by atoms with Crippen molar-refractivity contribution in [2.45, 2.75) is 19.8 Å². The van der Waals surface area contributed by atoms with Crippen LogP contribution in [0.4, 0.5) is 0 Å². The highest BCUT2D eigenvalue weighted by Crippen LogP contribution is 2.35. The fraction of sp³-hybridized carbons (Fsp3) is 0.462. The summed E-state index contributed by atoms with van der Waals surface area (Å²) in [5.74, 6) is -0.756. The van der Waals surface area contributed by atoms with Crippen LogP contribution in [0.25, 0.3) is 0 Å². The summed E-state index contributed by atoms with van der Waals surface area (Å²) in [4.78, 5) is 11.8. The first kappa shape index (κ1) is 12.7. The minimum atomic E-state index is -0.533. The highest BCUT2D eigenvalue weighted by atomic mass is 16.5. The number of hydrogen-bond donors (Lipinski definition) is 1. The van der Waals surface area contributed by atoms with Crippen molar-refractivity contribution >= 4 is 5.97 Å². The lowest BCUT2D eigenvalue weighted by molar-refractivity contribution is -0.146. The Bertz CT molecular complexity index is 343. The number of methoxy groups -OCH3 is 1. The van der Waals surface area contributed by atoms with Gasteiger partial charge in [0.15, 0.2) is 0 Å². The minimum Gasteiger partial charge on any atom is -0.469 e. The molecule has 0 aliphatic carbocycles. The molecule has 0 heterocycles. The third kappa shape index (κ3) is 2.61. The highest BCUT2D eigenvalue weighted by molar-refractivity contribution is 5.79. The number of hydrogen-bond acceptors (Lipinski definition) is 3. The maximum atomic E-state index is 11.8. The summed E-state index contributed by atoms with van der Waals surface area (Å²) in [7, 11) is 1.37. The zero-order valence-electron chi connectivity index (χ0n) is 9.93. The predicted octanol–water partition coefficient (Wildman–Crippen LogP) is 1.96. The molecule has 1 atom stereocenters. The smallest absolute Gasteiger partial charge is 0.313 e. The van der Waals surface area contributed by atoms with E-state index in [4.69, 9.17) is 4.74 Å². The number of carbonyl (C=O) groups is 1. The molecule has 0 aliphatic rings. The normalized spacial score (nSPS) is 13.2. The fourth-order valence-electron chi connectivity index (χ4n) is 1.76. The largest absolute Gasteiger partial charge is 0.469 e. The first-order valence-electron chi connectivity index (χ1n) is 5.26. The second-order valence-electron chi connectivity index (χ2n) is 4.51. The van der Waals surface area contributed by atoms with E-state index in [0.717, 1.165) is 5.56 Å². The maximum absolute atomic E-state index is 11.8. The quantitative estimate of drug-likeness (QED) is 0.792. The van der Waals surface area contributed by atoms with E-state index in [9.17, 15) is 9.90 Å². The van der Waals surface area contributed by atoms with E-state index in [0.29, 0.717) is 0 Å². The highest BCUT2D eigenvalue weighted by Gasteiger charge is 2.36. The molecule has 0 aliphatic heterocycles. The van der Waals surface area contributed by atoms with Gasteiger partial charge in [-0.3, -0.25) is 4.79 Å². The van der Waals surface area contributed by atoms with Crippen molar-refractivity contribution in [3.8, 4) is 0 Å². The second kappa shape index (κ2) is 5.12. The van der Waals surface area contributed by atoms with Crippen LogP contribution in [0.5, 0.6) is 0 Å². The summed E-state index contributed by atoms with van der Waals surface area (Å²) in [6.07, 6.45) is 0. The Hall–Kier alpha value is -1.35. The number of aliphatic hydroxyl groups excluding tert-OH is 1. The van der Waals surface area contributed by atoms with Crippen LogP contribution in [-0.2, 0) is 9.53 Å². The molecule has 1 rings (SSSR count). The number of esters is 1. The van der Waals surface area contributed by atoms with Crippen LogP contribution < -0.4 is 0 Å². The summed E-state index contributed by atoms with van der Waals surface area (Å²) in [6, 6.07) is 9.39. The van der Waals surface area contributed by atoms with Gasteiger partial charge in [0.25, 0.3) is 0 Å². The Balaban J connectivity index is 3.12. The van der Waals surface area contributed by atoms with Crippen LogP contribution in [0.1, 0.15) is 25.3 Å². The van der Waals surface area contributed by atoms with Crippen LogP contribution in [0, 0.1) is 5.41 Å². The van der Waals surface area contributed by atoms with Gasteiger partial charge in [-0.2, -0.15) is 0 Å². The number of rotatable bonds is 4. The first-order valence-corrected chi connectivity index (χ1v) is 5.26. The molecule has 1 aromatic rings. The average Bonchev–Trinajstić information content (AvgIpc) is 2.30. The molecule has 0 saturated heterocycles. The average molecular weight is 222 g/mol. The molecule has 1 N–H and O–H groups in total. The van der Waals surface area contributed by atoms with Crippen molar-refractivity contribution in [2.24, 2.45) is 5.41 Å². The summed E-state index contributed by atoms with van der Waals surface area (Å²) in [5.41, 5.74) is 0.336. The van der Waals surface area contributed by atoms with Gasteiger partial charge in [-0.15, -0.1) is 0 Å². The zero-order chi connectivity index (χ0) is 12.2. The molecule has 3 nitrogen and oxygen atoms in total. The molecular formula is C13H18O3. The number of carbonyl (C=O) groups excluding carboxylic acids is 1. The zero-order valence-corrected chi connectivity index (χ0v) is 9.93. The van der Waals surface area contributed by atoms with Crippen LogP contribution in [-0.4, -0.2) is 24.8 Å². The lowest BCUT2D eigenvalue weighted by Crippen LogP contribution is -2.32. The van der Waals surface area contributed by atoms with E-state index in [1.807, 2.05) is 44.2 Å². The van der Waals surface area contributed by atoms with E-state index in [2.05, 4.69) is 0 Å². The Kier molecular flexibility index (Phi) is 4.07. The molecule has 0 spiro atoms. The van der Waals surface area contributed by atoms with Crippen LogP contribution >= 0.6 is 0 Å². The Morgan fingerprint density at radius 3 is 2.38 bits per heavy atom. The van der Waals surface area contributed by atoms with E-state index >= 15 is 0 Å². The standard InChI is InChI=1S/C13H18O3/c1-13(2,9-14)11(12(15)16-3)10-7-5-4-6-8-10/h4-8,11,14H,9H2,1-3H3. The predicted molar refractivity (Wildman–Crippen MR) is 62.1 cm³/mol. The number of aliphatic hydroxyl groups is 1. The topological polar surface area (TPSA) is 46.5 Å². The van der Waals surface area contributed by atoms with E-state index in [1.54, 1.807) is 0 Å². The lowest BCUT2D eigenvalue weighted by Gasteiger charge is -2.30. The first-order chi connectivity index (χ1) is 7.53. The summed E-state index contributed by atoms with van der Waals surface area (Å²) < 4.78 is 4.80. The summed E-state index contributed by atoms with van der Waals surface area (Å²) >= 11 is 0. The minimum absolute atomic E-state index is 0.0678. The van der Waals surface area contributed by atoms with Gasteiger partial charge in [0.1, 0.15) is 0 Å². The van der Waals surface area contributed by atoms with Gasteiger partial charge in [0.05, 0.1) is 13.0 Å². The van der Waals surface area contributed by atoms with Crippen molar-refractivity contribution in [3.05, 3.63) is 35.9 Å². The molecule has 88 valence electrons. The maximum Gasteiger partial charge on any atom is 0.313 e. The van der Waals surface area contributed by atoms with Crippen molar-refractivity contribution < 1.29 is 14.6 Å². The summed E-state index contributed by atoms with van der Waals surface area (Å²) in [5, 5.41) is 9.36. The molecule has 0 aromatic heterocycles. The second-order valence-corrected chi connectivity index (χ2v) is 4.51. The van der Waals surface area contributed by atoms with Gasteiger partial charge in [-0.25, -0.2) is 0 Å². The third-order valence-electron chi connectivity index (χ3n) is 2.76. The van der Waals surface area contributed by atoms with Crippen LogP contribution in [0.15, 0.2) is 30.3 Å². The molecule has 0 fully saturated rings. The monoisotopic (exact) mass is 222 g/mol. The molecule has 0 amide bonds. The van der Waals surface area contributed by atoms with Gasteiger partial charge < -0.3 is 9.84 Å². The fourth-order valence-corrected chi connectivity index (χ4v) is 1.76. The van der Waals surface area contributed by atoms with Gasteiger partial charge >= 0.3 is 5.97 Å². The van der Waals surface area contributed by atoms with E-state index in [1.165, 1.54) is 7.11 Å². The Morgan fingerprint density at radius 1 is 1.38 bits per heavy atom. The molecular weight excluding hydrogens is 204 g/mol. The van der Waals surface area contributed by atoms with Crippen molar-refractivity contribution in [2.75, 3.05) is 13.7 Å². The molecule has 0 bridgehead atoms. The molecule has 1 unspecified atom stereocenters. The van der Waals surface area contributed by atoms with Gasteiger partial charge in [0, 0.05) is 12.0 Å². The van der Waals surface area contributed by atoms with Crippen LogP contribution in [0.3, 0.4) is 0 Å². The number of ether oxygens (including phenoxy) is 1. The number of benzene rings is 1. The lowest BCUT2D eigenvalue weighted by atomic mass is 9.75. The molecule has 3 heteroatoms. The van der Waals surface area contributed by atoms with Crippen molar-refractivity contribution in [3.63, 3.8) is 0 Å². The van der Waals surface area contributed by atoms with Gasteiger partial charge in [-0.05, 0) is 5.56 Å². The van der Waals surface area contributed by atoms with E-state index < -0.39 is 11.3 Å². The van der Waals surface area contributed by atoms with Gasteiger partial charge in [0.2, 0.25) is 0 Å². The van der Waals surface area contributed by atoms with Crippen molar-refractivity contribution in [1.29, 1.82) is 0 Å². The van der Waals surface area contributed by atoms with Crippen LogP contribution in [0.2, 0.25) is 0 Å². The molecule has 1 aromatic carbocycles. The molecule has 0 saturated carbocycles. The molecule has 16 heavy (non-hydrogen) atoms. The van der Waals surface area contributed by atoms with E-state index in [-0.39, 0.29) is 12.6 Å².